The predicted octanol–water partition coefficient (Wildman–Crippen LogP) is 2.26. The van der Waals surface area contributed by atoms with Crippen molar-refractivity contribution in [1.82, 2.24) is 0 Å². The quantitative estimate of drug-likeness (QED) is 0.591. The van der Waals surface area contributed by atoms with Gasteiger partial charge in [-0.1, -0.05) is 30.0 Å². The molecule has 0 amide bonds. The van der Waals surface area contributed by atoms with E-state index in [2.05, 4.69) is 11.8 Å². The fraction of sp³-hybridized carbons (Fsp3) is 0.0667. The summed E-state index contributed by atoms with van der Waals surface area (Å²) in [4.78, 5) is 0. The maximum atomic E-state index is 5.84. The summed E-state index contributed by atoms with van der Waals surface area (Å²) in [6.45, 7) is 0. The zero-order chi connectivity index (χ0) is 13.0. The SMILES string of the molecule is COc1ccccc1C#Cc1c(N)cccc1N. The summed E-state index contributed by atoms with van der Waals surface area (Å²) in [6.07, 6.45) is 0. The molecule has 0 bridgehead atoms. The van der Waals surface area contributed by atoms with Gasteiger partial charge in [0, 0.05) is 11.4 Å². The van der Waals surface area contributed by atoms with Gasteiger partial charge < -0.3 is 16.2 Å². The topological polar surface area (TPSA) is 61.3 Å². The van der Waals surface area contributed by atoms with Crippen LogP contribution < -0.4 is 16.2 Å². The van der Waals surface area contributed by atoms with Crippen LogP contribution in [0.4, 0.5) is 11.4 Å². The van der Waals surface area contributed by atoms with Gasteiger partial charge in [0.1, 0.15) is 5.75 Å². The maximum absolute atomic E-state index is 5.84. The van der Waals surface area contributed by atoms with Crippen molar-refractivity contribution in [1.29, 1.82) is 0 Å². The van der Waals surface area contributed by atoms with Crippen LogP contribution >= 0.6 is 0 Å². The molecule has 0 saturated carbocycles. The van der Waals surface area contributed by atoms with E-state index < -0.39 is 0 Å². The van der Waals surface area contributed by atoms with E-state index in [-0.39, 0.29) is 0 Å². The second kappa shape index (κ2) is 5.15. The third kappa shape index (κ3) is 2.38. The molecule has 3 nitrogen and oxygen atoms in total. The number of hydrogen-bond donors (Lipinski definition) is 2. The van der Waals surface area contributed by atoms with Gasteiger partial charge in [-0.3, -0.25) is 0 Å². The second-order valence-electron chi connectivity index (χ2n) is 3.76. The molecule has 3 heteroatoms. The molecule has 90 valence electrons. The summed E-state index contributed by atoms with van der Waals surface area (Å²) in [6, 6.07) is 12.9. The molecule has 4 N–H and O–H groups in total. The van der Waals surface area contributed by atoms with Gasteiger partial charge in [-0.25, -0.2) is 0 Å². The van der Waals surface area contributed by atoms with Crippen LogP contribution in [0.2, 0.25) is 0 Å². The van der Waals surface area contributed by atoms with Crippen molar-refractivity contribution in [3.8, 4) is 17.6 Å². The van der Waals surface area contributed by atoms with Crippen molar-refractivity contribution in [2.24, 2.45) is 0 Å². The second-order valence-corrected chi connectivity index (χ2v) is 3.76. The Bertz CT molecular complexity index is 604. The molecule has 0 aliphatic rings. The first kappa shape index (κ1) is 11.9. The van der Waals surface area contributed by atoms with Crippen LogP contribution in [0, 0.1) is 11.8 Å². The molecule has 0 aliphatic carbocycles. The molecular formula is C15H14N2O. The zero-order valence-electron chi connectivity index (χ0n) is 10.1. The number of hydrogen-bond acceptors (Lipinski definition) is 3. The van der Waals surface area contributed by atoms with E-state index in [9.17, 15) is 0 Å². The molecule has 0 fully saturated rings. The van der Waals surface area contributed by atoms with Crippen molar-refractivity contribution in [3.05, 3.63) is 53.6 Å². The summed E-state index contributed by atoms with van der Waals surface area (Å²) in [5.41, 5.74) is 14.3. The van der Waals surface area contributed by atoms with Gasteiger partial charge in [0.25, 0.3) is 0 Å². The molecule has 0 atom stereocenters. The van der Waals surface area contributed by atoms with E-state index in [1.54, 1.807) is 25.3 Å². The number of methoxy groups -OCH3 is 1. The first-order valence-corrected chi connectivity index (χ1v) is 5.51. The van der Waals surface area contributed by atoms with Crippen LogP contribution in [0.15, 0.2) is 42.5 Å². The first-order chi connectivity index (χ1) is 8.72. The van der Waals surface area contributed by atoms with Crippen molar-refractivity contribution in [2.45, 2.75) is 0 Å². The molecule has 0 saturated heterocycles. The van der Waals surface area contributed by atoms with E-state index in [0.29, 0.717) is 16.9 Å². The van der Waals surface area contributed by atoms with Gasteiger partial charge in [0.2, 0.25) is 0 Å². The molecule has 2 aromatic rings. The van der Waals surface area contributed by atoms with Gasteiger partial charge in [-0.05, 0) is 24.3 Å². The highest BCUT2D eigenvalue weighted by atomic mass is 16.5. The van der Waals surface area contributed by atoms with Crippen LogP contribution in [0.3, 0.4) is 0 Å². The van der Waals surface area contributed by atoms with E-state index in [0.717, 1.165) is 11.3 Å². The number of nitrogen functional groups attached to an aromatic ring is 2. The molecule has 2 rings (SSSR count). The third-order valence-corrected chi connectivity index (χ3v) is 2.56. The fourth-order valence-electron chi connectivity index (χ4n) is 1.61. The standard InChI is InChI=1S/C15H14N2O/c1-18-15-8-3-2-5-11(15)9-10-12-13(16)6-4-7-14(12)17/h2-8H,16-17H2,1H3. The maximum Gasteiger partial charge on any atom is 0.134 e. The van der Waals surface area contributed by atoms with Crippen molar-refractivity contribution >= 4 is 11.4 Å². The van der Waals surface area contributed by atoms with Crippen LogP contribution in [0.1, 0.15) is 11.1 Å². The molecule has 0 heterocycles. The molecule has 0 aliphatic heterocycles. The van der Waals surface area contributed by atoms with E-state index in [1.807, 2.05) is 24.3 Å². The summed E-state index contributed by atoms with van der Waals surface area (Å²) < 4.78 is 5.23. The summed E-state index contributed by atoms with van der Waals surface area (Å²) >= 11 is 0. The minimum Gasteiger partial charge on any atom is -0.495 e. The largest absolute Gasteiger partial charge is 0.495 e. The normalized spacial score (nSPS) is 9.39. The average molecular weight is 238 g/mol. The lowest BCUT2D eigenvalue weighted by Crippen LogP contribution is -1.96. The molecule has 0 unspecified atom stereocenters. The van der Waals surface area contributed by atoms with Gasteiger partial charge in [-0.2, -0.15) is 0 Å². The third-order valence-electron chi connectivity index (χ3n) is 2.56. The zero-order valence-corrected chi connectivity index (χ0v) is 10.1. The fourth-order valence-corrected chi connectivity index (χ4v) is 1.61. The minimum atomic E-state index is 0.581. The van der Waals surface area contributed by atoms with Crippen molar-refractivity contribution < 1.29 is 4.74 Å². The molecule has 18 heavy (non-hydrogen) atoms. The Kier molecular flexibility index (Phi) is 3.40. The highest BCUT2D eigenvalue weighted by Crippen LogP contribution is 2.19. The van der Waals surface area contributed by atoms with Gasteiger partial charge in [0.05, 0.1) is 18.2 Å². The Hall–Kier alpha value is -2.60. The molecule has 0 radical (unpaired) electrons. The Balaban J connectivity index is 2.43. The number of nitrogens with two attached hydrogens (primary N) is 2. The van der Waals surface area contributed by atoms with Crippen molar-refractivity contribution in [3.63, 3.8) is 0 Å². The lowest BCUT2D eigenvalue weighted by molar-refractivity contribution is 0.413. The van der Waals surface area contributed by atoms with E-state index in [4.69, 9.17) is 16.2 Å². The van der Waals surface area contributed by atoms with Crippen LogP contribution in [-0.2, 0) is 0 Å². The summed E-state index contributed by atoms with van der Waals surface area (Å²) in [7, 11) is 1.62. The predicted molar refractivity (Wildman–Crippen MR) is 74.2 cm³/mol. The Morgan fingerprint density at radius 2 is 1.56 bits per heavy atom. The van der Waals surface area contributed by atoms with Crippen LogP contribution in [-0.4, -0.2) is 7.11 Å². The summed E-state index contributed by atoms with van der Waals surface area (Å²) in [5, 5.41) is 0. The highest BCUT2D eigenvalue weighted by molar-refractivity contribution is 5.69. The lowest BCUT2D eigenvalue weighted by Gasteiger charge is -2.03. The number of para-hydroxylation sites is 1. The van der Waals surface area contributed by atoms with E-state index in [1.165, 1.54) is 0 Å². The Labute approximate surface area is 106 Å². The van der Waals surface area contributed by atoms with Crippen LogP contribution in [0.5, 0.6) is 5.75 Å². The molecular weight excluding hydrogens is 224 g/mol. The van der Waals surface area contributed by atoms with Crippen LogP contribution in [0.25, 0.3) is 0 Å². The minimum absolute atomic E-state index is 0.581. The average Bonchev–Trinajstić information content (AvgIpc) is 2.38. The highest BCUT2D eigenvalue weighted by Gasteiger charge is 2.00. The van der Waals surface area contributed by atoms with Gasteiger partial charge >= 0.3 is 0 Å². The molecule has 0 spiro atoms. The summed E-state index contributed by atoms with van der Waals surface area (Å²) in [5.74, 6) is 6.75. The lowest BCUT2D eigenvalue weighted by atomic mass is 10.1. The Morgan fingerprint density at radius 3 is 2.22 bits per heavy atom. The number of benzene rings is 2. The number of anilines is 2. The smallest absolute Gasteiger partial charge is 0.134 e. The first-order valence-electron chi connectivity index (χ1n) is 5.51. The number of ether oxygens (including phenoxy) is 1. The van der Waals surface area contributed by atoms with E-state index >= 15 is 0 Å². The molecule has 2 aromatic carbocycles. The Morgan fingerprint density at radius 1 is 0.889 bits per heavy atom. The number of rotatable bonds is 1. The molecule has 0 aromatic heterocycles. The van der Waals surface area contributed by atoms with Crippen molar-refractivity contribution in [2.75, 3.05) is 18.6 Å². The monoisotopic (exact) mass is 238 g/mol. The van der Waals surface area contributed by atoms with Gasteiger partial charge in [-0.15, -0.1) is 0 Å². The van der Waals surface area contributed by atoms with Gasteiger partial charge in [0.15, 0.2) is 0 Å².